The maximum atomic E-state index is 12.7. The molecule has 1 aromatic rings. The van der Waals surface area contributed by atoms with Gasteiger partial charge in [-0.2, -0.15) is 0 Å². The molecule has 2 rings (SSSR count). The minimum atomic E-state index is -0.537. The fraction of sp³-hybridized carbons (Fsp3) is 0.300. The highest BCUT2D eigenvalue weighted by Gasteiger charge is 2.38. The number of carbonyl (C=O) groups excluding carboxylic acids is 2. The molecule has 0 bridgehead atoms. The van der Waals surface area contributed by atoms with Gasteiger partial charge in [0.2, 0.25) is 0 Å². The van der Waals surface area contributed by atoms with Gasteiger partial charge in [-0.15, -0.1) is 11.3 Å². The first-order valence-corrected chi connectivity index (χ1v) is 9.03. The highest BCUT2D eigenvalue weighted by molar-refractivity contribution is 7.12. The number of nitrogens with one attached hydrogen (secondary N) is 1. The average molecular weight is 373 g/mol. The number of aryl methyl sites for hydroxylation is 1. The first kappa shape index (κ1) is 19.7. The molecule has 1 aliphatic rings. The van der Waals surface area contributed by atoms with E-state index in [2.05, 4.69) is 18.5 Å². The molecule has 0 aromatic carbocycles. The summed E-state index contributed by atoms with van der Waals surface area (Å²) in [4.78, 5) is 27.4. The van der Waals surface area contributed by atoms with Crippen molar-refractivity contribution in [3.8, 4) is 0 Å². The molecule has 0 fully saturated rings. The van der Waals surface area contributed by atoms with Gasteiger partial charge >= 0.3 is 11.9 Å². The van der Waals surface area contributed by atoms with Gasteiger partial charge in [0.25, 0.3) is 0 Å². The van der Waals surface area contributed by atoms with Gasteiger partial charge in [0.05, 0.1) is 17.1 Å². The van der Waals surface area contributed by atoms with Crippen LogP contribution in [-0.4, -0.2) is 25.2 Å². The molecule has 0 amide bonds. The Labute approximate surface area is 157 Å². The van der Waals surface area contributed by atoms with E-state index in [4.69, 9.17) is 9.47 Å². The number of esters is 2. The molecule has 0 saturated heterocycles. The minimum absolute atomic E-state index is 0.102. The van der Waals surface area contributed by atoms with Crippen molar-refractivity contribution in [3.63, 3.8) is 0 Å². The molecule has 2 heterocycles. The van der Waals surface area contributed by atoms with Crippen LogP contribution >= 0.6 is 11.3 Å². The number of ether oxygens (including phenoxy) is 2. The molecular formula is C20H23NO4S. The van der Waals surface area contributed by atoms with Gasteiger partial charge in [0.15, 0.2) is 0 Å². The van der Waals surface area contributed by atoms with Gasteiger partial charge in [0, 0.05) is 21.1 Å². The van der Waals surface area contributed by atoms with Crippen LogP contribution in [0.25, 0.3) is 0 Å². The van der Waals surface area contributed by atoms with Crippen molar-refractivity contribution in [2.75, 3.05) is 13.2 Å². The van der Waals surface area contributed by atoms with E-state index in [1.54, 1.807) is 13.8 Å². The summed E-state index contributed by atoms with van der Waals surface area (Å²) in [7, 11) is 0. The minimum Gasteiger partial charge on any atom is -0.458 e. The molecule has 0 saturated carbocycles. The molecule has 1 aliphatic heterocycles. The summed E-state index contributed by atoms with van der Waals surface area (Å²) in [6.07, 6.45) is 3.02. The van der Waals surface area contributed by atoms with Crippen LogP contribution in [0.1, 0.15) is 29.5 Å². The van der Waals surface area contributed by atoms with Crippen molar-refractivity contribution < 1.29 is 19.1 Å². The Balaban J connectivity index is 2.53. The van der Waals surface area contributed by atoms with Gasteiger partial charge in [-0.25, -0.2) is 9.59 Å². The zero-order valence-electron chi connectivity index (χ0n) is 15.3. The van der Waals surface area contributed by atoms with Crippen molar-refractivity contribution in [1.82, 2.24) is 5.32 Å². The lowest BCUT2D eigenvalue weighted by Crippen LogP contribution is -2.32. The monoisotopic (exact) mass is 373 g/mol. The van der Waals surface area contributed by atoms with Gasteiger partial charge in [-0.05, 0) is 32.9 Å². The molecule has 1 N–H and O–H groups in total. The Morgan fingerprint density at radius 3 is 1.92 bits per heavy atom. The lowest BCUT2D eigenvalue weighted by Gasteiger charge is -2.29. The molecule has 0 atom stereocenters. The number of dihydropyridines is 1. The zero-order chi connectivity index (χ0) is 19.3. The molecule has 0 spiro atoms. The predicted octanol–water partition coefficient (Wildman–Crippen LogP) is 3.75. The smallest absolute Gasteiger partial charge is 0.337 e. The van der Waals surface area contributed by atoms with Crippen LogP contribution < -0.4 is 5.32 Å². The standard InChI is InChI=1S/C20H23NO4S/c1-6-10-24-19(22)16-13(4)21-14(5)17(20(23)25-11-7-2)18(16)15-9-8-12(3)26-15/h6-9,18,21H,1-2,10-11H2,3-5H3. The molecule has 0 radical (unpaired) electrons. The molecule has 0 unspecified atom stereocenters. The van der Waals surface area contributed by atoms with Gasteiger partial charge in [0.1, 0.15) is 13.2 Å². The van der Waals surface area contributed by atoms with Crippen molar-refractivity contribution >= 4 is 23.3 Å². The number of hydrogen-bond donors (Lipinski definition) is 1. The van der Waals surface area contributed by atoms with E-state index >= 15 is 0 Å². The van der Waals surface area contributed by atoms with Crippen LogP contribution in [0.4, 0.5) is 0 Å². The maximum Gasteiger partial charge on any atom is 0.337 e. The van der Waals surface area contributed by atoms with Crippen molar-refractivity contribution in [3.05, 3.63) is 69.7 Å². The van der Waals surface area contributed by atoms with Crippen LogP contribution in [0, 0.1) is 6.92 Å². The molecule has 6 heteroatoms. The van der Waals surface area contributed by atoms with Gasteiger partial charge < -0.3 is 14.8 Å². The van der Waals surface area contributed by atoms with Crippen LogP contribution in [0.3, 0.4) is 0 Å². The van der Waals surface area contributed by atoms with E-state index < -0.39 is 17.9 Å². The van der Waals surface area contributed by atoms with Crippen LogP contribution in [-0.2, 0) is 19.1 Å². The Hall–Kier alpha value is -2.60. The summed E-state index contributed by atoms with van der Waals surface area (Å²) in [5.74, 6) is -1.50. The van der Waals surface area contributed by atoms with E-state index in [1.807, 2.05) is 19.1 Å². The number of hydrogen-bond acceptors (Lipinski definition) is 6. The molecule has 1 aromatic heterocycles. The highest BCUT2D eigenvalue weighted by Crippen LogP contribution is 2.41. The van der Waals surface area contributed by atoms with Crippen LogP contribution in [0.15, 0.2) is 60.0 Å². The van der Waals surface area contributed by atoms with E-state index in [0.29, 0.717) is 22.5 Å². The second kappa shape index (κ2) is 8.67. The SMILES string of the molecule is C=CCOC(=O)C1=C(C)NC(C)=C(C(=O)OCC=C)C1c1ccc(C)s1. The third-order valence-corrected chi connectivity index (χ3v) is 4.98. The Kier molecular flexibility index (Phi) is 6.58. The summed E-state index contributed by atoms with van der Waals surface area (Å²) in [5.41, 5.74) is 2.13. The summed E-state index contributed by atoms with van der Waals surface area (Å²) in [6, 6.07) is 3.89. The first-order chi connectivity index (χ1) is 12.4. The van der Waals surface area contributed by atoms with Gasteiger partial charge in [-0.3, -0.25) is 0 Å². The van der Waals surface area contributed by atoms with Crippen molar-refractivity contribution in [2.45, 2.75) is 26.7 Å². The molecular weight excluding hydrogens is 350 g/mol. The molecule has 26 heavy (non-hydrogen) atoms. The number of thiophene rings is 1. The number of carbonyl (C=O) groups is 2. The Morgan fingerprint density at radius 2 is 1.54 bits per heavy atom. The molecule has 0 aliphatic carbocycles. The maximum absolute atomic E-state index is 12.7. The second-order valence-corrected chi connectivity index (χ2v) is 7.18. The highest BCUT2D eigenvalue weighted by atomic mass is 32.1. The van der Waals surface area contributed by atoms with Crippen LogP contribution in [0.2, 0.25) is 0 Å². The van der Waals surface area contributed by atoms with E-state index in [9.17, 15) is 9.59 Å². The zero-order valence-corrected chi connectivity index (χ0v) is 16.1. The van der Waals surface area contributed by atoms with E-state index in [1.165, 1.54) is 23.5 Å². The van der Waals surface area contributed by atoms with Crippen LogP contribution in [0.5, 0.6) is 0 Å². The quantitative estimate of drug-likeness (QED) is 0.582. The van der Waals surface area contributed by atoms with Crippen molar-refractivity contribution in [2.24, 2.45) is 0 Å². The fourth-order valence-corrected chi connectivity index (χ4v) is 3.85. The normalized spacial score (nSPS) is 14.7. The first-order valence-electron chi connectivity index (χ1n) is 8.21. The third kappa shape index (κ3) is 4.14. The third-order valence-electron chi connectivity index (χ3n) is 3.91. The average Bonchev–Trinajstić information content (AvgIpc) is 3.03. The second-order valence-electron chi connectivity index (χ2n) is 5.86. The van der Waals surface area contributed by atoms with E-state index in [0.717, 1.165) is 9.75 Å². The van der Waals surface area contributed by atoms with Crippen molar-refractivity contribution in [1.29, 1.82) is 0 Å². The topological polar surface area (TPSA) is 64.6 Å². The summed E-state index contributed by atoms with van der Waals surface area (Å²) in [6.45, 7) is 12.9. The molecule has 5 nitrogen and oxygen atoms in total. The largest absolute Gasteiger partial charge is 0.458 e. The number of rotatable bonds is 7. The molecule has 138 valence electrons. The Morgan fingerprint density at radius 1 is 1.04 bits per heavy atom. The summed E-state index contributed by atoms with van der Waals surface area (Å²) in [5, 5.41) is 3.11. The summed E-state index contributed by atoms with van der Waals surface area (Å²) < 4.78 is 10.5. The lowest BCUT2D eigenvalue weighted by molar-refractivity contribution is -0.138. The number of allylic oxidation sites excluding steroid dienone is 2. The summed E-state index contributed by atoms with van der Waals surface area (Å²) >= 11 is 1.54. The fourth-order valence-electron chi connectivity index (χ4n) is 2.85. The Bertz CT molecular complexity index is 754. The van der Waals surface area contributed by atoms with E-state index in [-0.39, 0.29) is 13.2 Å². The van der Waals surface area contributed by atoms with Gasteiger partial charge in [-0.1, -0.05) is 25.3 Å². The lowest BCUT2D eigenvalue weighted by atomic mass is 9.84. The predicted molar refractivity (Wildman–Crippen MR) is 103 cm³/mol.